The zero-order valence-corrected chi connectivity index (χ0v) is 8.63. The molecule has 1 aromatic carbocycles. The highest BCUT2D eigenvalue weighted by Gasteiger charge is 1.98. The van der Waals surface area contributed by atoms with Crippen molar-refractivity contribution in [3.8, 4) is 0 Å². The van der Waals surface area contributed by atoms with Crippen molar-refractivity contribution in [3.05, 3.63) is 36.4 Å². The Morgan fingerprint density at radius 2 is 1.93 bits per heavy atom. The molecule has 2 nitrogen and oxygen atoms in total. The number of carbonyl (C=O) groups is 1. The summed E-state index contributed by atoms with van der Waals surface area (Å²) in [7, 11) is 0. The van der Waals surface area contributed by atoms with E-state index in [1.807, 2.05) is 38.1 Å². The van der Waals surface area contributed by atoms with Crippen LogP contribution in [0.5, 0.6) is 0 Å². The smallest absolute Gasteiger partial charge is 0.224 e. The third-order valence-corrected chi connectivity index (χ3v) is 1.98. The number of allylic oxidation sites excluding steroid dienone is 1. The van der Waals surface area contributed by atoms with Crippen molar-refractivity contribution in [1.29, 1.82) is 0 Å². The second-order valence-electron chi connectivity index (χ2n) is 3.26. The lowest BCUT2D eigenvalue weighted by Crippen LogP contribution is -2.09. The maximum absolute atomic E-state index is 11.1. The van der Waals surface area contributed by atoms with Crippen LogP contribution in [0.4, 0.5) is 5.69 Å². The summed E-state index contributed by atoms with van der Waals surface area (Å²) in [5.74, 6) is 0.0353. The standard InChI is InChI=1S/C12H15NO/c1-4-12(14)13-11-7-5-10(6-8-11)9(2)3/h5-8H,2,4H2,1,3H3,(H,13,14). The Hall–Kier alpha value is -1.57. The number of hydrogen-bond acceptors (Lipinski definition) is 1. The molecular formula is C12H15NO. The molecule has 0 saturated carbocycles. The first kappa shape index (κ1) is 10.5. The predicted molar refractivity (Wildman–Crippen MR) is 60.1 cm³/mol. The lowest BCUT2D eigenvalue weighted by molar-refractivity contribution is -0.115. The van der Waals surface area contributed by atoms with E-state index in [0.29, 0.717) is 6.42 Å². The van der Waals surface area contributed by atoms with E-state index >= 15 is 0 Å². The second-order valence-corrected chi connectivity index (χ2v) is 3.26. The molecule has 0 aromatic heterocycles. The molecule has 0 fully saturated rings. The maximum Gasteiger partial charge on any atom is 0.224 e. The van der Waals surface area contributed by atoms with E-state index < -0.39 is 0 Å². The summed E-state index contributed by atoms with van der Waals surface area (Å²) in [5.41, 5.74) is 2.96. The van der Waals surface area contributed by atoms with Gasteiger partial charge in [0.2, 0.25) is 5.91 Å². The highest BCUT2D eigenvalue weighted by atomic mass is 16.1. The Morgan fingerprint density at radius 1 is 1.36 bits per heavy atom. The number of hydrogen-bond donors (Lipinski definition) is 1. The molecule has 1 N–H and O–H groups in total. The van der Waals surface area contributed by atoms with Gasteiger partial charge in [0, 0.05) is 12.1 Å². The van der Waals surface area contributed by atoms with Gasteiger partial charge >= 0.3 is 0 Å². The van der Waals surface area contributed by atoms with Gasteiger partial charge in [-0.05, 0) is 24.6 Å². The molecule has 0 bridgehead atoms. The molecule has 74 valence electrons. The monoisotopic (exact) mass is 189 g/mol. The minimum absolute atomic E-state index is 0.0353. The number of benzene rings is 1. The SMILES string of the molecule is C=C(C)c1ccc(NC(=O)CC)cc1. The third-order valence-electron chi connectivity index (χ3n) is 1.98. The molecule has 0 heterocycles. The molecule has 0 aliphatic rings. The fourth-order valence-electron chi connectivity index (χ4n) is 1.09. The summed E-state index contributed by atoms with van der Waals surface area (Å²) in [6, 6.07) is 7.68. The van der Waals surface area contributed by atoms with Crippen LogP contribution >= 0.6 is 0 Å². The molecule has 0 aliphatic carbocycles. The second kappa shape index (κ2) is 4.61. The lowest BCUT2D eigenvalue weighted by atomic mass is 10.1. The van der Waals surface area contributed by atoms with E-state index in [2.05, 4.69) is 11.9 Å². The van der Waals surface area contributed by atoms with Gasteiger partial charge in [-0.25, -0.2) is 0 Å². The van der Waals surface area contributed by atoms with Gasteiger partial charge in [-0.1, -0.05) is 31.2 Å². The van der Waals surface area contributed by atoms with Crippen molar-refractivity contribution < 1.29 is 4.79 Å². The molecule has 0 spiro atoms. The van der Waals surface area contributed by atoms with Crippen LogP contribution in [0.3, 0.4) is 0 Å². The average Bonchev–Trinajstić information content (AvgIpc) is 2.18. The highest BCUT2D eigenvalue weighted by Crippen LogP contribution is 2.15. The van der Waals surface area contributed by atoms with Crippen molar-refractivity contribution in [2.75, 3.05) is 5.32 Å². The van der Waals surface area contributed by atoms with E-state index in [4.69, 9.17) is 0 Å². The van der Waals surface area contributed by atoms with Gasteiger partial charge < -0.3 is 5.32 Å². The first-order valence-corrected chi connectivity index (χ1v) is 4.69. The minimum atomic E-state index is 0.0353. The molecule has 2 heteroatoms. The largest absolute Gasteiger partial charge is 0.326 e. The maximum atomic E-state index is 11.1. The van der Waals surface area contributed by atoms with Crippen molar-refractivity contribution >= 4 is 17.2 Å². The van der Waals surface area contributed by atoms with Crippen LogP contribution in [0.2, 0.25) is 0 Å². The Bertz CT molecular complexity index is 338. The van der Waals surface area contributed by atoms with Crippen LogP contribution in [0.1, 0.15) is 25.8 Å². The Labute approximate surface area is 84.6 Å². The molecule has 0 aliphatic heterocycles. The van der Waals surface area contributed by atoms with Crippen LogP contribution in [0.15, 0.2) is 30.8 Å². The number of amides is 1. The topological polar surface area (TPSA) is 29.1 Å². The van der Waals surface area contributed by atoms with Gasteiger partial charge in [0.05, 0.1) is 0 Å². The summed E-state index contributed by atoms with van der Waals surface area (Å²) < 4.78 is 0. The van der Waals surface area contributed by atoms with Gasteiger partial charge in [-0.2, -0.15) is 0 Å². The number of rotatable bonds is 3. The van der Waals surface area contributed by atoms with E-state index in [0.717, 1.165) is 16.8 Å². The summed E-state index contributed by atoms with van der Waals surface area (Å²) >= 11 is 0. The minimum Gasteiger partial charge on any atom is -0.326 e. The summed E-state index contributed by atoms with van der Waals surface area (Å²) in [6.45, 7) is 7.63. The molecule has 0 radical (unpaired) electrons. The Balaban J connectivity index is 2.73. The predicted octanol–water partition coefficient (Wildman–Crippen LogP) is 3.07. The van der Waals surface area contributed by atoms with Gasteiger partial charge in [-0.3, -0.25) is 4.79 Å². The Kier molecular flexibility index (Phi) is 3.46. The molecule has 0 saturated heterocycles. The lowest BCUT2D eigenvalue weighted by Gasteiger charge is -2.04. The summed E-state index contributed by atoms with van der Waals surface area (Å²) in [6.07, 6.45) is 0.502. The van der Waals surface area contributed by atoms with Crippen molar-refractivity contribution in [3.63, 3.8) is 0 Å². The van der Waals surface area contributed by atoms with Gasteiger partial charge in [0.25, 0.3) is 0 Å². The molecule has 0 unspecified atom stereocenters. The molecule has 1 amide bonds. The highest BCUT2D eigenvalue weighted by molar-refractivity contribution is 5.90. The average molecular weight is 189 g/mol. The fourth-order valence-corrected chi connectivity index (χ4v) is 1.09. The number of nitrogens with one attached hydrogen (secondary N) is 1. The summed E-state index contributed by atoms with van der Waals surface area (Å²) in [5, 5.41) is 2.79. The van der Waals surface area contributed by atoms with Crippen LogP contribution in [-0.4, -0.2) is 5.91 Å². The molecule has 14 heavy (non-hydrogen) atoms. The van der Waals surface area contributed by atoms with Crippen molar-refractivity contribution in [2.45, 2.75) is 20.3 Å². The number of anilines is 1. The van der Waals surface area contributed by atoms with Crippen LogP contribution in [0, 0.1) is 0 Å². The first-order valence-electron chi connectivity index (χ1n) is 4.69. The quantitative estimate of drug-likeness (QED) is 0.777. The van der Waals surface area contributed by atoms with Crippen molar-refractivity contribution in [1.82, 2.24) is 0 Å². The third kappa shape index (κ3) is 2.73. The van der Waals surface area contributed by atoms with E-state index in [1.165, 1.54) is 0 Å². The van der Waals surface area contributed by atoms with Gasteiger partial charge in [-0.15, -0.1) is 0 Å². The van der Waals surface area contributed by atoms with E-state index in [1.54, 1.807) is 0 Å². The zero-order valence-electron chi connectivity index (χ0n) is 8.63. The van der Waals surface area contributed by atoms with Crippen LogP contribution < -0.4 is 5.32 Å². The molecular weight excluding hydrogens is 174 g/mol. The summed E-state index contributed by atoms with van der Waals surface area (Å²) in [4.78, 5) is 11.1. The van der Waals surface area contributed by atoms with Gasteiger partial charge in [0.1, 0.15) is 0 Å². The number of carbonyl (C=O) groups excluding carboxylic acids is 1. The normalized spacial score (nSPS) is 9.57. The molecule has 1 aromatic rings. The molecule has 1 rings (SSSR count). The van der Waals surface area contributed by atoms with E-state index in [9.17, 15) is 4.79 Å². The molecule has 0 atom stereocenters. The zero-order chi connectivity index (χ0) is 10.6. The van der Waals surface area contributed by atoms with Gasteiger partial charge in [0.15, 0.2) is 0 Å². The fraction of sp³-hybridized carbons (Fsp3) is 0.250. The van der Waals surface area contributed by atoms with Crippen LogP contribution in [0.25, 0.3) is 5.57 Å². The van der Waals surface area contributed by atoms with E-state index in [-0.39, 0.29) is 5.91 Å². The van der Waals surface area contributed by atoms with Crippen molar-refractivity contribution in [2.24, 2.45) is 0 Å². The Morgan fingerprint density at radius 3 is 2.36 bits per heavy atom. The first-order chi connectivity index (χ1) is 6.63. The van der Waals surface area contributed by atoms with Crippen LogP contribution in [-0.2, 0) is 4.79 Å².